The van der Waals surface area contributed by atoms with Crippen molar-refractivity contribution >= 4 is 28.8 Å². The highest BCUT2D eigenvalue weighted by Gasteiger charge is 2.17. The Bertz CT molecular complexity index is 829. The smallest absolute Gasteiger partial charge is 0.120 e. The molecule has 0 saturated heterocycles. The molecule has 112 valence electrons. The van der Waals surface area contributed by atoms with Crippen LogP contribution in [-0.2, 0) is 4.84 Å². The van der Waals surface area contributed by atoms with Gasteiger partial charge < -0.3 is 14.9 Å². The van der Waals surface area contributed by atoms with E-state index in [0.717, 1.165) is 16.6 Å². The third-order valence-corrected chi connectivity index (χ3v) is 3.71. The summed E-state index contributed by atoms with van der Waals surface area (Å²) in [5, 5.41) is 14.8. The fraction of sp³-hybridized carbons (Fsp3) is 0.125. The molecule has 1 atom stereocenters. The highest BCUT2D eigenvalue weighted by atomic mass is 35.5. The maximum absolute atomic E-state index is 10.5. The van der Waals surface area contributed by atoms with E-state index in [1.54, 1.807) is 30.6 Å². The maximum Gasteiger partial charge on any atom is 0.120 e. The summed E-state index contributed by atoms with van der Waals surface area (Å²) in [6, 6.07) is 10.8. The lowest BCUT2D eigenvalue weighted by Gasteiger charge is -2.10. The summed E-state index contributed by atoms with van der Waals surface area (Å²) in [5.74, 6) is 0. The zero-order chi connectivity index (χ0) is 15.5. The van der Waals surface area contributed by atoms with E-state index in [0.29, 0.717) is 16.3 Å². The minimum atomic E-state index is -0.852. The molecule has 3 aromatic rings. The first-order valence-corrected chi connectivity index (χ1v) is 7.05. The Hall–Kier alpha value is -2.37. The second-order valence-corrected chi connectivity index (χ2v) is 5.13. The molecule has 0 saturated carbocycles. The predicted molar refractivity (Wildman–Crippen MR) is 86.2 cm³/mol. The summed E-state index contributed by atoms with van der Waals surface area (Å²) in [6.07, 6.45) is 2.42. The molecular formula is C16H14ClN3O2. The van der Waals surface area contributed by atoms with Gasteiger partial charge in [-0.25, -0.2) is 0 Å². The van der Waals surface area contributed by atoms with Gasteiger partial charge in [0.1, 0.15) is 13.2 Å². The molecule has 0 bridgehead atoms. The molecule has 0 radical (unpaired) electrons. The lowest BCUT2D eigenvalue weighted by Crippen LogP contribution is -2.00. The zero-order valence-electron chi connectivity index (χ0n) is 11.8. The lowest BCUT2D eigenvalue weighted by molar-refractivity contribution is 0.215. The fourth-order valence-electron chi connectivity index (χ4n) is 2.30. The summed E-state index contributed by atoms with van der Waals surface area (Å²) >= 11 is 6.14. The van der Waals surface area contributed by atoms with Crippen LogP contribution in [0, 0.1) is 0 Å². The first-order valence-electron chi connectivity index (χ1n) is 6.67. The number of rotatable bonds is 4. The second-order valence-electron chi connectivity index (χ2n) is 4.73. The fourth-order valence-corrected chi connectivity index (χ4v) is 2.53. The number of nitrogens with zero attached hydrogens (tertiary/aromatic N) is 2. The molecule has 2 aromatic heterocycles. The van der Waals surface area contributed by atoms with Crippen molar-refractivity contribution in [3.05, 3.63) is 64.4 Å². The molecule has 1 unspecified atom stereocenters. The molecule has 5 nitrogen and oxygen atoms in total. The van der Waals surface area contributed by atoms with Gasteiger partial charge in [-0.3, -0.25) is 4.98 Å². The van der Waals surface area contributed by atoms with Crippen molar-refractivity contribution in [3.63, 3.8) is 0 Å². The Kier molecular flexibility index (Phi) is 4.09. The molecular weight excluding hydrogens is 302 g/mol. The number of nitrogens with one attached hydrogen (secondary N) is 1. The monoisotopic (exact) mass is 315 g/mol. The van der Waals surface area contributed by atoms with Gasteiger partial charge in [0.2, 0.25) is 0 Å². The number of oxime groups is 1. The topological polar surface area (TPSA) is 70.5 Å². The number of hydrogen-bond donors (Lipinski definition) is 2. The first kappa shape index (κ1) is 14.6. The molecule has 2 N–H and O–H groups in total. The molecule has 3 rings (SSSR count). The average molecular weight is 316 g/mol. The Balaban J connectivity index is 2.05. The molecule has 6 heteroatoms. The average Bonchev–Trinajstić information content (AvgIpc) is 2.97. The number of benzene rings is 1. The van der Waals surface area contributed by atoms with E-state index in [2.05, 4.69) is 15.1 Å². The number of pyridine rings is 1. The van der Waals surface area contributed by atoms with Crippen LogP contribution in [-0.4, -0.2) is 28.4 Å². The summed E-state index contributed by atoms with van der Waals surface area (Å²) in [6.45, 7) is 0. The van der Waals surface area contributed by atoms with Gasteiger partial charge in [-0.15, -0.1) is 0 Å². The van der Waals surface area contributed by atoms with Gasteiger partial charge in [-0.2, -0.15) is 0 Å². The maximum atomic E-state index is 10.5. The number of aromatic amines is 1. The van der Waals surface area contributed by atoms with Crippen molar-refractivity contribution in [2.45, 2.75) is 6.10 Å². The Labute approximate surface area is 132 Å². The molecule has 0 aliphatic heterocycles. The number of hydrogen-bond acceptors (Lipinski definition) is 4. The van der Waals surface area contributed by atoms with Crippen molar-refractivity contribution in [1.29, 1.82) is 0 Å². The molecule has 0 spiro atoms. The van der Waals surface area contributed by atoms with Crippen LogP contribution in [0.5, 0.6) is 0 Å². The van der Waals surface area contributed by atoms with E-state index in [-0.39, 0.29) is 0 Å². The zero-order valence-corrected chi connectivity index (χ0v) is 12.6. The number of aliphatic hydroxyl groups is 1. The van der Waals surface area contributed by atoms with Crippen LogP contribution in [0.1, 0.15) is 22.9 Å². The third kappa shape index (κ3) is 2.68. The van der Waals surface area contributed by atoms with Crippen LogP contribution in [0.25, 0.3) is 11.0 Å². The van der Waals surface area contributed by atoms with Crippen LogP contribution in [0.4, 0.5) is 0 Å². The van der Waals surface area contributed by atoms with Crippen molar-refractivity contribution in [2.75, 3.05) is 7.11 Å². The Morgan fingerprint density at radius 3 is 2.95 bits per heavy atom. The first-order chi connectivity index (χ1) is 10.7. The van der Waals surface area contributed by atoms with Gasteiger partial charge in [-0.05, 0) is 18.2 Å². The number of H-pyrrole nitrogens is 1. The summed E-state index contributed by atoms with van der Waals surface area (Å²) in [7, 11) is 1.48. The minimum absolute atomic E-state index is 0.516. The Morgan fingerprint density at radius 2 is 2.18 bits per heavy atom. The molecule has 0 fully saturated rings. The lowest BCUT2D eigenvalue weighted by atomic mass is 10.1. The molecule has 0 aliphatic carbocycles. The molecule has 2 heterocycles. The van der Waals surface area contributed by atoms with Gasteiger partial charge >= 0.3 is 0 Å². The van der Waals surface area contributed by atoms with Crippen molar-refractivity contribution in [3.8, 4) is 0 Å². The van der Waals surface area contributed by atoms with Gasteiger partial charge in [-0.1, -0.05) is 35.0 Å². The van der Waals surface area contributed by atoms with E-state index in [1.807, 2.05) is 18.2 Å². The van der Waals surface area contributed by atoms with E-state index >= 15 is 0 Å². The van der Waals surface area contributed by atoms with Crippen LogP contribution in [0.3, 0.4) is 0 Å². The van der Waals surface area contributed by atoms with E-state index < -0.39 is 6.10 Å². The third-order valence-electron chi connectivity index (χ3n) is 3.37. The van der Waals surface area contributed by atoms with Crippen molar-refractivity contribution < 1.29 is 9.94 Å². The number of halogens is 1. The van der Waals surface area contributed by atoms with Gasteiger partial charge in [0, 0.05) is 22.3 Å². The highest BCUT2D eigenvalue weighted by Crippen LogP contribution is 2.29. The minimum Gasteiger partial charge on any atom is -0.399 e. The normalized spacial score (nSPS) is 12.9. The summed E-state index contributed by atoms with van der Waals surface area (Å²) in [5.41, 5.74) is 3.60. The summed E-state index contributed by atoms with van der Waals surface area (Å²) in [4.78, 5) is 12.2. The molecule has 0 aliphatic rings. The van der Waals surface area contributed by atoms with Crippen LogP contribution >= 0.6 is 11.6 Å². The number of aromatic nitrogens is 2. The van der Waals surface area contributed by atoms with Crippen molar-refractivity contribution in [2.24, 2.45) is 5.16 Å². The van der Waals surface area contributed by atoms with E-state index in [9.17, 15) is 5.11 Å². The number of aliphatic hydroxyl groups excluding tert-OH is 1. The van der Waals surface area contributed by atoms with Gasteiger partial charge in [0.25, 0.3) is 0 Å². The van der Waals surface area contributed by atoms with Gasteiger partial charge in [0.05, 0.1) is 22.9 Å². The predicted octanol–water partition coefficient (Wildman–Crippen LogP) is 3.28. The standard InChI is InChI=1S/C16H14ClN3O2/c1-22-19-9-10-6-7-18-13-8-14(20-15(10)13)16(21)11-4-2-3-5-12(11)17/h2-9,16,20-21H,1H3. The van der Waals surface area contributed by atoms with E-state index in [1.165, 1.54) is 7.11 Å². The summed E-state index contributed by atoms with van der Waals surface area (Å²) < 4.78 is 0. The molecule has 1 aromatic carbocycles. The highest BCUT2D eigenvalue weighted by molar-refractivity contribution is 6.31. The molecule has 0 amide bonds. The second kappa shape index (κ2) is 6.17. The quantitative estimate of drug-likeness (QED) is 0.573. The Morgan fingerprint density at radius 1 is 1.36 bits per heavy atom. The van der Waals surface area contributed by atoms with Crippen LogP contribution in [0.15, 0.2) is 47.8 Å². The number of fused-ring (bicyclic) bond motifs is 1. The van der Waals surface area contributed by atoms with E-state index in [4.69, 9.17) is 16.4 Å². The SMILES string of the molecule is CON=Cc1ccnc2cc(C(O)c3ccccc3Cl)[nH]c12. The van der Waals surface area contributed by atoms with Crippen molar-refractivity contribution in [1.82, 2.24) is 9.97 Å². The van der Waals surface area contributed by atoms with Crippen LogP contribution < -0.4 is 0 Å². The van der Waals surface area contributed by atoms with Gasteiger partial charge in [0.15, 0.2) is 0 Å². The molecule has 22 heavy (non-hydrogen) atoms. The van der Waals surface area contributed by atoms with Crippen LogP contribution in [0.2, 0.25) is 5.02 Å². The largest absolute Gasteiger partial charge is 0.399 e.